The predicted molar refractivity (Wildman–Crippen MR) is 71.3 cm³/mol. The third kappa shape index (κ3) is 3.75. The number of halogens is 1. The van der Waals surface area contributed by atoms with Crippen LogP contribution in [0.15, 0.2) is 18.2 Å². The smallest absolute Gasteiger partial charge is 0.253 e. The normalized spacial score (nSPS) is 11.8. The highest BCUT2D eigenvalue weighted by Gasteiger charge is 2.17. The zero-order valence-corrected chi connectivity index (χ0v) is 11.2. The Morgan fingerprint density at radius 1 is 1.47 bits per heavy atom. The second-order valence-corrected chi connectivity index (χ2v) is 4.38. The number of nitrogens with two attached hydrogens (primary N) is 1. The van der Waals surface area contributed by atoms with E-state index < -0.39 is 11.7 Å². The number of amides is 2. The van der Waals surface area contributed by atoms with Gasteiger partial charge in [-0.05, 0) is 25.1 Å². The number of nitrogens with zero attached hydrogens (tertiary/aromatic N) is 1. The Hall–Kier alpha value is -1.95. The molecule has 19 heavy (non-hydrogen) atoms. The molecule has 104 valence electrons. The molecule has 1 aromatic carbocycles. The van der Waals surface area contributed by atoms with Crippen LogP contribution in [0.25, 0.3) is 0 Å². The van der Waals surface area contributed by atoms with Crippen LogP contribution < -0.4 is 11.1 Å². The lowest BCUT2D eigenvalue weighted by atomic mass is 10.1. The lowest BCUT2D eigenvalue weighted by Crippen LogP contribution is -2.39. The van der Waals surface area contributed by atoms with Crippen LogP contribution in [0.5, 0.6) is 0 Å². The lowest BCUT2D eigenvalue weighted by Gasteiger charge is -2.23. The van der Waals surface area contributed by atoms with Crippen molar-refractivity contribution in [1.82, 2.24) is 4.90 Å². The second-order valence-electron chi connectivity index (χ2n) is 4.38. The Morgan fingerprint density at radius 3 is 2.63 bits per heavy atom. The topological polar surface area (TPSA) is 75.4 Å². The van der Waals surface area contributed by atoms with Gasteiger partial charge < -0.3 is 16.0 Å². The molecule has 0 spiro atoms. The number of benzene rings is 1. The van der Waals surface area contributed by atoms with Gasteiger partial charge in [-0.1, -0.05) is 0 Å². The van der Waals surface area contributed by atoms with Crippen molar-refractivity contribution in [3.63, 3.8) is 0 Å². The van der Waals surface area contributed by atoms with Gasteiger partial charge in [0.15, 0.2) is 0 Å². The highest BCUT2D eigenvalue weighted by atomic mass is 19.1. The molecule has 1 unspecified atom stereocenters. The summed E-state index contributed by atoms with van der Waals surface area (Å²) in [6.07, 6.45) is 0. The van der Waals surface area contributed by atoms with Crippen molar-refractivity contribution in [1.29, 1.82) is 0 Å². The average molecular weight is 267 g/mol. The highest BCUT2D eigenvalue weighted by Crippen LogP contribution is 2.17. The van der Waals surface area contributed by atoms with Gasteiger partial charge >= 0.3 is 0 Å². The minimum atomic E-state index is -0.582. The Kier molecular flexibility index (Phi) is 5.00. The third-order valence-electron chi connectivity index (χ3n) is 2.85. The van der Waals surface area contributed by atoms with Crippen LogP contribution in [0.3, 0.4) is 0 Å². The van der Waals surface area contributed by atoms with Crippen LogP contribution in [0.4, 0.5) is 10.1 Å². The van der Waals surface area contributed by atoms with Crippen LogP contribution in [-0.4, -0.2) is 36.3 Å². The van der Waals surface area contributed by atoms with Gasteiger partial charge in [-0.3, -0.25) is 9.59 Å². The summed E-state index contributed by atoms with van der Waals surface area (Å²) in [4.78, 5) is 24.6. The summed E-state index contributed by atoms with van der Waals surface area (Å²) in [7, 11) is 1.63. The van der Waals surface area contributed by atoms with Crippen molar-refractivity contribution in [2.45, 2.75) is 19.9 Å². The lowest BCUT2D eigenvalue weighted by molar-refractivity contribution is -0.114. The minimum Gasteiger partial charge on any atom is -0.338 e. The maximum atomic E-state index is 13.5. The van der Waals surface area contributed by atoms with Crippen molar-refractivity contribution in [2.24, 2.45) is 5.73 Å². The molecule has 0 saturated heterocycles. The molecular weight excluding hydrogens is 249 g/mol. The first kappa shape index (κ1) is 15.1. The van der Waals surface area contributed by atoms with Crippen LogP contribution in [-0.2, 0) is 4.79 Å². The van der Waals surface area contributed by atoms with Crippen molar-refractivity contribution in [3.05, 3.63) is 29.6 Å². The van der Waals surface area contributed by atoms with Gasteiger partial charge in [-0.2, -0.15) is 0 Å². The fourth-order valence-corrected chi connectivity index (χ4v) is 1.51. The molecule has 1 rings (SSSR count). The number of rotatable bonds is 4. The fraction of sp³-hybridized carbons (Fsp3) is 0.385. The molecule has 0 bridgehead atoms. The largest absolute Gasteiger partial charge is 0.338 e. The van der Waals surface area contributed by atoms with Gasteiger partial charge in [0.05, 0.1) is 5.69 Å². The van der Waals surface area contributed by atoms with E-state index in [-0.39, 0.29) is 17.6 Å². The van der Waals surface area contributed by atoms with Crippen LogP contribution >= 0.6 is 0 Å². The molecule has 0 aromatic heterocycles. The molecule has 0 heterocycles. The second kappa shape index (κ2) is 6.29. The van der Waals surface area contributed by atoms with Crippen molar-refractivity contribution < 1.29 is 14.0 Å². The number of anilines is 1. The fourth-order valence-electron chi connectivity index (χ4n) is 1.51. The zero-order chi connectivity index (χ0) is 14.6. The summed E-state index contributed by atoms with van der Waals surface area (Å²) in [6, 6.07) is 3.72. The Bertz CT molecular complexity index is 491. The van der Waals surface area contributed by atoms with Crippen LogP contribution in [0, 0.1) is 5.82 Å². The van der Waals surface area contributed by atoms with E-state index in [4.69, 9.17) is 5.73 Å². The molecule has 0 fully saturated rings. The van der Waals surface area contributed by atoms with E-state index in [0.29, 0.717) is 12.1 Å². The summed E-state index contributed by atoms with van der Waals surface area (Å²) < 4.78 is 13.5. The van der Waals surface area contributed by atoms with E-state index in [0.717, 1.165) is 6.07 Å². The standard InChI is InChI=1S/C13H18FN3O2/c1-8(7-15)17(3)13(19)10-4-5-11(14)12(6-10)16-9(2)18/h4-6,8H,7,15H2,1-3H3,(H,16,18). The SMILES string of the molecule is CC(=O)Nc1cc(C(=O)N(C)C(C)CN)ccc1F. The zero-order valence-electron chi connectivity index (χ0n) is 11.2. The minimum absolute atomic E-state index is 0.00727. The molecule has 1 aromatic rings. The van der Waals surface area contributed by atoms with E-state index in [2.05, 4.69) is 5.32 Å². The molecule has 1 atom stereocenters. The van der Waals surface area contributed by atoms with Crippen molar-refractivity contribution >= 4 is 17.5 Å². The molecular formula is C13H18FN3O2. The monoisotopic (exact) mass is 267 g/mol. The molecule has 0 radical (unpaired) electrons. The van der Waals surface area contributed by atoms with Gasteiger partial charge in [0.1, 0.15) is 5.82 Å². The van der Waals surface area contributed by atoms with E-state index in [1.807, 2.05) is 6.92 Å². The summed E-state index contributed by atoms with van der Waals surface area (Å²) in [5.41, 5.74) is 5.79. The quantitative estimate of drug-likeness (QED) is 0.860. The highest BCUT2D eigenvalue weighted by molar-refractivity contribution is 5.96. The Balaban J connectivity index is 3.01. The molecule has 5 nitrogen and oxygen atoms in total. The van der Waals surface area contributed by atoms with Gasteiger partial charge in [0.2, 0.25) is 5.91 Å². The summed E-state index contributed by atoms with van der Waals surface area (Å²) >= 11 is 0. The van der Waals surface area contributed by atoms with E-state index >= 15 is 0 Å². The van der Waals surface area contributed by atoms with E-state index in [9.17, 15) is 14.0 Å². The van der Waals surface area contributed by atoms with Crippen molar-refractivity contribution in [3.8, 4) is 0 Å². The first-order valence-corrected chi connectivity index (χ1v) is 5.91. The maximum absolute atomic E-state index is 13.5. The van der Waals surface area contributed by atoms with Gasteiger partial charge in [0.25, 0.3) is 5.91 Å². The predicted octanol–water partition coefficient (Wildman–Crippen LogP) is 1.20. The number of carbonyl (C=O) groups is 2. The number of likely N-dealkylation sites (N-methyl/N-ethyl adjacent to an activating group) is 1. The van der Waals surface area contributed by atoms with Gasteiger partial charge in [0, 0.05) is 32.1 Å². The maximum Gasteiger partial charge on any atom is 0.253 e. The van der Waals surface area contributed by atoms with Gasteiger partial charge in [-0.15, -0.1) is 0 Å². The Labute approximate surface area is 111 Å². The molecule has 0 aliphatic carbocycles. The summed E-state index contributed by atoms with van der Waals surface area (Å²) in [5, 5.41) is 2.34. The summed E-state index contributed by atoms with van der Waals surface area (Å²) in [6.45, 7) is 3.43. The number of carbonyl (C=O) groups excluding carboxylic acids is 2. The first-order chi connectivity index (χ1) is 8.86. The van der Waals surface area contributed by atoms with Crippen molar-refractivity contribution in [2.75, 3.05) is 18.9 Å². The molecule has 2 amide bonds. The number of hydrogen-bond acceptors (Lipinski definition) is 3. The molecule has 0 aliphatic heterocycles. The first-order valence-electron chi connectivity index (χ1n) is 5.91. The molecule has 0 aliphatic rings. The van der Waals surface area contributed by atoms with Crippen LogP contribution in [0.1, 0.15) is 24.2 Å². The number of hydrogen-bond donors (Lipinski definition) is 2. The Morgan fingerprint density at radius 2 is 2.11 bits per heavy atom. The molecule has 0 saturated carbocycles. The van der Waals surface area contributed by atoms with Gasteiger partial charge in [-0.25, -0.2) is 4.39 Å². The molecule has 3 N–H and O–H groups in total. The average Bonchev–Trinajstić information content (AvgIpc) is 2.38. The third-order valence-corrected chi connectivity index (χ3v) is 2.85. The molecule has 6 heteroatoms. The summed E-state index contributed by atoms with van der Waals surface area (Å²) in [5.74, 6) is -1.25. The van der Waals surface area contributed by atoms with E-state index in [1.54, 1.807) is 7.05 Å². The number of nitrogens with one attached hydrogen (secondary N) is 1. The van der Waals surface area contributed by atoms with E-state index in [1.165, 1.54) is 24.0 Å². The van der Waals surface area contributed by atoms with Crippen LogP contribution in [0.2, 0.25) is 0 Å².